The molecule has 13 nitrogen and oxygen atoms in total. The number of carbonyl (C=O) groups excluding carboxylic acids is 2. The van der Waals surface area contributed by atoms with E-state index in [1.807, 2.05) is 0 Å². The number of halogens is 4. The summed E-state index contributed by atoms with van der Waals surface area (Å²) in [6.45, 7) is 6.58. The topological polar surface area (TPSA) is 188 Å². The van der Waals surface area contributed by atoms with Crippen LogP contribution in [0.2, 0.25) is 5.02 Å². The number of likely N-dealkylation sites (tertiary alicyclic amines) is 1. The third-order valence-electron chi connectivity index (χ3n) is 9.07. The number of piperidine rings is 1. The fourth-order valence-corrected chi connectivity index (χ4v) is 6.42. The highest BCUT2D eigenvalue weighted by atomic mass is 35.5. The largest absolute Gasteiger partial charge is 0.504 e. The quantitative estimate of drug-likeness (QED) is 0.135. The van der Waals surface area contributed by atoms with Crippen LogP contribution in [0.4, 0.5) is 36.1 Å². The molecule has 0 aliphatic carbocycles. The Morgan fingerprint density at radius 1 is 1.06 bits per heavy atom. The van der Waals surface area contributed by atoms with E-state index in [-0.39, 0.29) is 58.9 Å². The van der Waals surface area contributed by atoms with Crippen molar-refractivity contribution in [3.05, 3.63) is 97.8 Å². The van der Waals surface area contributed by atoms with Crippen molar-refractivity contribution in [1.82, 2.24) is 19.4 Å². The van der Waals surface area contributed by atoms with Gasteiger partial charge in [-0.15, -0.1) is 5.11 Å². The molecule has 1 fully saturated rings. The summed E-state index contributed by atoms with van der Waals surface area (Å²) in [6, 6.07) is 9.09. The van der Waals surface area contributed by atoms with Crippen LogP contribution in [0.3, 0.4) is 0 Å². The second-order valence-electron chi connectivity index (χ2n) is 13.1. The first kappa shape index (κ1) is 38.9. The van der Waals surface area contributed by atoms with E-state index in [1.165, 1.54) is 15.8 Å². The number of aryl methyl sites for hydroxylation is 1. The summed E-state index contributed by atoms with van der Waals surface area (Å²) in [5.74, 6) is -2.05. The molecule has 1 aliphatic rings. The summed E-state index contributed by atoms with van der Waals surface area (Å²) in [5, 5.41) is 31.4. The molecule has 2 aromatic carbocycles. The van der Waals surface area contributed by atoms with Crippen LogP contribution in [-0.2, 0) is 29.5 Å². The zero-order chi connectivity index (χ0) is 38.8. The molecule has 0 atom stereocenters. The Hall–Kier alpha value is -5.35. The number of aromatic hydroxyl groups is 1. The standard InChI is InChI=1S/C36H38ClF3N8O5/c1-5-26-28(20-12-14-47(15-13-20)34(52)30-31(50)19(2)42-18-43-30)32(51)29(46-45-23-9-6-21(7-10-23)35(3,4)53)33(41)48(26)17-27(49)44-25-11-8-22(16-24(25)37)36(38,39)40/h6-11,16,18,20,50,53H,5,12-15,17,41H2,1-4H3,(H,44,49). The van der Waals surface area contributed by atoms with Crippen LogP contribution in [0, 0.1) is 6.92 Å². The van der Waals surface area contributed by atoms with Crippen LogP contribution in [-0.4, -0.2) is 54.6 Å². The van der Waals surface area contributed by atoms with E-state index in [9.17, 15) is 37.8 Å². The molecular formula is C36H38ClF3N8O5. The minimum atomic E-state index is -4.63. The number of nitrogen functional groups attached to an aromatic ring is 1. The molecule has 1 aliphatic heterocycles. The number of hydrogen-bond acceptors (Lipinski definition) is 10. The summed E-state index contributed by atoms with van der Waals surface area (Å²) in [4.78, 5) is 50.3. The Kier molecular flexibility index (Phi) is 11.2. The van der Waals surface area contributed by atoms with Gasteiger partial charge in [-0.3, -0.25) is 14.4 Å². The molecule has 0 spiro atoms. The van der Waals surface area contributed by atoms with Crippen molar-refractivity contribution in [3.63, 3.8) is 0 Å². The van der Waals surface area contributed by atoms with Gasteiger partial charge in [-0.05, 0) is 81.8 Å². The van der Waals surface area contributed by atoms with Gasteiger partial charge in [0.2, 0.25) is 11.3 Å². The molecule has 280 valence electrons. The van der Waals surface area contributed by atoms with Crippen molar-refractivity contribution in [2.45, 2.75) is 71.2 Å². The van der Waals surface area contributed by atoms with Crippen LogP contribution >= 0.6 is 11.6 Å². The third kappa shape index (κ3) is 8.49. The van der Waals surface area contributed by atoms with Crippen molar-refractivity contribution in [2.75, 3.05) is 24.1 Å². The van der Waals surface area contributed by atoms with E-state index in [2.05, 4.69) is 25.5 Å². The van der Waals surface area contributed by atoms with Crippen molar-refractivity contribution < 1.29 is 33.0 Å². The zero-order valence-electron chi connectivity index (χ0n) is 29.3. The lowest BCUT2D eigenvalue weighted by Gasteiger charge is -2.33. The Balaban J connectivity index is 1.51. The number of nitrogens with one attached hydrogen (secondary N) is 1. The van der Waals surface area contributed by atoms with Crippen molar-refractivity contribution >= 4 is 46.3 Å². The molecule has 5 rings (SSSR count). The Morgan fingerprint density at radius 3 is 2.28 bits per heavy atom. The predicted molar refractivity (Wildman–Crippen MR) is 192 cm³/mol. The van der Waals surface area contributed by atoms with Gasteiger partial charge in [0.1, 0.15) is 18.7 Å². The summed E-state index contributed by atoms with van der Waals surface area (Å²) in [6.07, 6.45) is -2.51. The van der Waals surface area contributed by atoms with Gasteiger partial charge in [0, 0.05) is 24.3 Å². The number of hydrogen-bond donors (Lipinski definition) is 4. The minimum absolute atomic E-state index is 0.0565. The van der Waals surface area contributed by atoms with Gasteiger partial charge in [0.25, 0.3) is 5.91 Å². The number of carbonyl (C=O) groups is 2. The summed E-state index contributed by atoms with van der Waals surface area (Å²) in [5.41, 5.74) is 5.56. The molecule has 53 heavy (non-hydrogen) atoms. The highest BCUT2D eigenvalue weighted by Crippen LogP contribution is 2.36. The normalized spacial score (nSPS) is 14.2. The smallest absolute Gasteiger partial charge is 0.416 e. The highest BCUT2D eigenvalue weighted by Gasteiger charge is 2.33. The number of anilines is 2. The molecule has 2 aromatic heterocycles. The average molecular weight is 755 g/mol. The van der Waals surface area contributed by atoms with Crippen LogP contribution in [0.5, 0.6) is 5.75 Å². The molecule has 3 heterocycles. The summed E-state index contributed by atoms with van der Waals surface area (Å²) >= 11 is 6.09. The number of amides is 2. The van der Waals surface area contributed by atoms with Crippen molar-refractivity contribution in [1.29, 1.82) is 0 Å². The lowest BCUT2D eigenvalue weighted by Crippen LogP contribution is -2.40. The maximum absolute atomic E-state index is 14.3. The van der Waals surface area contributed by atoms with Gasteiger partial charge in [-0.2, -0.15) is 18.3 Å². The van der Waals surface area contributed by atoms with Crippen molar-refractivity contribution in [3.8, 4) is 5.75 Å². The second-order valence-corrected chi connectivity index (χ2v) is 13.5. The zero-order valence-corrected chi connectivity index (χ0v) is 30.1. The van der Waals surface area contributed by atoms with Crippen LogP contribution < -0.4 is 16.5 Å². The molecule has 1 saturated heterocycles. The van der Waals surface area contributed by atoms with Crippen LogP contribution in [0.1, 0.15) is 78.1 Å². The maximum Gasteiger partial charge on any atom is 0.416 e. The number of azo groups is 1. The van der Waals surface area contributed by atoms with Gasteiger partial charge in [0.15, 0.2) is 17.1 Å². The van der Waals surface area contributed by atoms with Gasteiger partial charge in [-0.1, -0.05) is 30.7 Å². The molecule has 5 N–H and O–H groups in total. The van der Waals surface area contributed by atoms with Gasteiger partial charge >= 0.3 is 6.18 Å². The maximum atomic E-state index is 14.3. The van der Waals surface area contributed by atoms with E-state index in [1.54, 1.807) is 52.0 Å². The van der Waals surface area contributed by atoms with Gasteiger partial charge < -0.3 is 30.7 Å². The molecule has 0 saturated carbocycles. The minimum Gasteiger partial charge on any atom is -0.504 e. The number of nitrogens with zero attached hydrogens (tertiary/aromatic N) is 6. The fourth-order valence-electron chi connectivity index (χ4n) is 6.19. The predicted octanol–water partition coefficient (Wildman–Crippen LogP) is 6.77. The first-order valence-corrected chi connectivity index (χ1v) is 17.0. The van der Waals surface area contributed by atoms with E-state index in [0.717, 1.165) is 12.1 Å². The molecular weight excluding hydrogens is 717 g/mol. The van der Waals surface area contributed by atoms with Crippen molar-refractivity contribution in [2.24, 2.45) is 10.2 Å². The SMILES string of the molecule is CCc1c(C2CCN(C(=O)c3ncnc(C)c3O)CC2)c(=O)c(N=Nc2ccc(C(C)(C)O)cc2)c(N)n1CC(=O)Nc1ccc(C(F)(F)F)cc1Cl. The lowest BCUT2D eigenvalue weighted by atomic mass is 9.86. The van der Waals surface area contributed by atoms with E-state index in [4.69, 9.17) is 17.3 Å². The molecule has 2 amide bonds. The molecule has 17 heteroatoms. The third-order valence-corrected chi connectivity index (χ3v) is 9.39. The Labute approximate surface area is 307 Å². The number of pyridine rings is 1. The lowest BCUT2D eigenvalue weighted by molar-refractivity contribution is -0.137. The number of aliphatic hydroxyl groups is 1. The Morgan fingerprint density at radius 2 is 1.70 bits per heavy atom. The highest BCUT2D eigenvalue weighted by molar-refractivity contribution is 6.33. The van der Waals surface area contributed by atoms with Crippen LogP contribution in [0.25, 0.3) is 0 Å². The van der Waals surface area contributed by atoms with Gasteiger partial charge in [0.05, 0.1) is 33.3 Å². The van der Waals surface area contributed by atoms with Gasteiger partial charge in [-0.25, -0.2) is 9.97 Å². The number of alkyl halides is 3. The number of nitrogens with two attached hydrogens (primary N) is 1. The molecule has 4 aromatic rings. The number of benzene rings is 2. The van der Waals surface area contributed by atoms with E-state index >= 15 is 0 Å². The molecule has 0 unspecified atom stereocenters. The first-order valence-electron chi connectivity index (χ1n) is 16.7. The number of aromatic nitrogens is 3. The average Bonchev–Trinajstić information content (AvgIpc) is 3.10. The van der Waals surface area contributed by atoms with E-state index in [0.29, 0.717) is 41.4 Å². The first-order chi connectivity index (χ1) is 24.9. The fraction of sp³-hybridized carbons (Fsp3) is 0.361. The monoisotopic (exact) mass is 754 g/mol. The second kappa shape index (κ2) is 15.3. The molecule has 0 bridgehead atoms. The molecule has 0 radical (unpaired) electrons. The summed E-state index contributed by atoms with van der Waals surface area (Å²) in [7, 11) is 0. The van der Waals surface area contributed by atoms with Crippen LogP contribution in [0.15, 0.2) is 63.8 Å². The van der Waals surface area contributed by atoms with E-state index < -0.39 is 47.0 Å². The number of rotatable bonds is 9. The summed E-state index contributed by atoms with van der Waals surface area (Å²) < 4.78 is 41.0. The Bertz CT molecular complexity index is 2120.